The number of hydrogen-bond donors (Lipinski definition) is 3. The summed E-state index contributed by atoms with van der Waals surface area (Å²) in [5, 5.41) is 7.88. The highest BCUT2D eigenvalue weighted by atomic mass is 35.5. The number of rotatable bonds is 7. The first kappa shape index (κ1) is 18.1. The Bertz CT molecular complexity index is 525. The Hall–Kier alpha value is -1.99. The van der Waals surface area contributed by atoms with Gasteiger partial charge in [0.25, 0.3) is 0 Å². The summed E-state index contributed by atoms with van der Waals surface area (Å²) >= 11 is 6.11. The van der Waals surface area contributed by atoms with Gasteiger partial charge in [0, 0.05) is 14.2 Å². The molecule has 0 heterocycles. The smallest absolute Gasteiger partial charge is 0.321 e. The number of anilines is 1. The summed E-state index contributed by atoms with van der Waals surface area (Å²) in [6.45, 7) is 2.36. The van der Waals surface area contributed by atoms with E-state index in [9.17, 15) is 9.59 Å². The molecule has 0 radical (unpaired) electrons. The molecule has 1 atom stereocenters. The Labute approximate surface area is 134 Å². The zero-order valence-electron chi connectivity index (χ0n) is 12.7. The van der Waals surface area contributed by atoms with Crippen LogP contribution in [0.2, 0.25) is 5.02 Å². The monoisotopic (exact) mass is 329 g/mol. The van der Waals surface area contributed by atoms with Crippen molar-refractivity contribution in [3.8, 4) is 5.75 Å². The average molecular weight is 330 g/mol. The summed E-state index contributed by atoms with van der Waals surface area (Å²) in [7, 11) is 3.00. The second-order valence-corrected chi connectivity index (χ2v) is 4.80. The van der Waals surface area contributed by atoms with Gasteiger partial charge < -0.3 is 20.1 Å². The van der Waals surface area contributed by atoms with Crippen molar-refractivity contribution in [3.05, 3.63) is 23.2 Å². The van der Waals surface area contributed by atoms with Crippen LogP contribution in [0.4, 0.5) is 10.5 Å². The highest BCUT2D eigenvalue weighted by molar-refractivity contribution is 6.32. The molecular weight excluding hydrogens is 310 g/mol. The minimum absolute atomic E-state index is 0.327. The van der Waals surface area contributed by atoms with E-state index in [1.54, 1.807) is 32.2 Å². The molecule has 0 aromatic heterocycles. The number of amides is 3. The van der Waals surface area contributed by atoms with E-state index in [0.29, 0.717) is 29.7 Å². The van der Waals surface area contributed by atoms with Crippen molar-refractivity contribution in [2.75, 3.05) is 32.7 Å². The third-order valence-corrected chi connectivity index (χ3v) is 3.03. The molecule has 1 aromatic rings. The number of carbonyl (C=O) groups is 2. The lowest BCUT2D eigenvalue weighted by molar-refractivity contribution is -0.120. The van der Waals surface area contributed by atoms with E-state index < -0.39 is 18.0 Å². The van der Waals surface area contributed by atoms with E-state index in [1.165, 1.54) is 7.05 Å². The Kier molecular flexibility index (Phi) is 7.48. The molecule has 7 nitrogen and oxygen atoms in total. The van der Waals surface area contributed by atoms with Crippen LogP contribution in [0.25, 0.3) is 0 Å². The predicted molar refractivity (Wildman–Crippen MR) is 84.5 cm³/mol. The Morgan fingerprint density at radius 2 is 2.05 bits per heavy atom. The van der Waals surface area contributed by atoms with Gasteiger partial charge in [0.1, 0.15) is 12.6 Å². The lowest BCUT2D eigenvalue weighted by atomic mass is 10.2. The second kappa shape index (κ2) is 9.11. The standard InChI is InChI=1S/C14H20ClN3O4/c1-9(13(19)18-14(20)16-2)17-11-6-4-5-10(15)12(11)22-8-7-21-3/h4-6,9,17H,7-8H2,1-3H3,(H2,16,18,19,20)/t9-/m0/s1. The average Bonchev–Trinajstić information content (AvgIpc) is 2.49. The van der Waals surface area contributed by atoms with Crippen molar-refractivity contribution < 1.29 is 19.1 Å². The molecule has 0 bridgehead atoms. The van der Waals surface area contributed by atoms with Crippen molar-refractivity contribution >= 4 is 29.2 Å². The molecule has 1 aromatic carbocycles. The van der Waals surface area contributed by atoms with E-state index in [4.69, 9.17) is 21.1 Å². The molecule has 0 saturated heterocycles. The quantitative estimate of drug-likeness (QED) is 0.662. The van der Waals surface area contributed by atoms with Crippen LogP contribution in [0.3, 0.4) is 0 Å². The van der Waals surface area contributed by atoms with Gasteiger partial charge in [-0.1, -0.05) is 17.7 Å². The van der Waals surface area contributed by atoms with Gasteiger partial charge in [-0.05, 0) is 19.1 Å². The molecule has 3 N–H and O–H groups in total. The second-order valence-electron chi connectivity index (χ2n) is 4.39. The van der Waals surface area contributed by atoms with Gasteiger partial charge in [-0.2, -0.15) is 0 Å². The van der Waals surface area contributed by atoms with Crippen LogP contribution in [-0.4, -0.2) is 45.4 Å². The summed E-state index contributed by atoms with van der Waals surface area (Å²) in [5.41, 5.74) is 0.558. The maximum Gasteiger partial charge on any atom is 0.321 e. The van der Waals surface area contributed by atoms with Crippen LogP contribution >= 0.6 is 11.6 Å². The number of ether oxygens (including phenoxy) is 2. The summed E-state index contributed by atoms with van der Waals surface area (Å²) in [6.07, 6.45) is 0. The van der Waals surface area contributed by atoms with Crippen LogP contribution in [-0.2, 0) is 9.53 Å². The molecule has 0 aliphatic carbocycles. The number of hydrogen-bond acceptors (Lipinski definition) is 5. The SMILES string of the molecule is CNC(=O)NC(=O)[C@H](C)Nc1cccc(Cl)c1OCCOC. The molecule has 3 amide bonds. The van der Waals surface area contributed by atoms with E-state index >= 15 is 0 Å². The van der Waals surface area contributed by atoms with Gasteiger partial charge in [0.2, 0.25) is 5.91 Å². The first-order chi connectivity index (χ1) is 10.5. The first-order valence-electron chi connectivity index (χ1n) is 6.69. The van der Waals surface area contributed by atoms with Crippen LogP contribution in [0.5, 0.6) is 5.75 Å². The summed E-state index contributed by atoms with van der Waals surface area (Å²) in [6, 6.07) is 3.93. The molecule has 0 aliphatic heterocycles. The number of imide groups is 1. The van der Waals surface area contributed by atoms with Gasteiger partial charge in [0.15, 0.2) is 5.75 Å². The third kappa shape index (κ3) is 5.42. The molecular formula is C14H20ClN3O4. The maximum atomic E-state index is 11.8. The molecule has 8 heteroatoms. The molecule has 0 saturated carbocycles. The number of carbonyl (C=O) groups excluding carboxylic acids is 2. The summed E-state index contributed by atoms with van der Waals surface area (Å²) in [4.78, 5) is 23.0. The minimum Gasteiger partial charge on any atom is -0.487 e. The van der Waals surface area contributed by atoms with Crippen LogP contribution in [0.1, 0.15) is 6.92 Å². The number of urea groups is 1. The number of methoxy groups -OCH3 is 1. The van der Waals surface area contributed by atoms with Gasteiger partial charge in [0.05, 0.1) is 17.3 Å². The van der Waals surface area contributed by atoms with Crippen LogP contribution in [0.15, 0.2) is 18.2 Å². The Morgan fingerprint density at radius 3 is 2.68 bits per heavy atom. The largest absolute Gasteiger partial charge is 0.487 e. The lowest BCUT2D eigenvalue weighted by Gasteiger charge is -2.18. The van der Waals surface area contributed by atoms with E-state index in [2.05, 4.69) is 16.0 Å². The molecule has 22 heavy (non-hydrogen) atoms. The fraction of sp³-hybridized carbons (Fsp3) is 0.429. The zero-order chi connectivity index (χ0) is 16.5. The van der Waals surface area contributed by atoms with Crippen molar-refractivity contribution in [2.24, 2.45) is 0 Å². The van der Waals surface area contributed by atoms with Crippen LogP contribution < -0.4 is 20.7 Å². The topological polar surface area (TPSA) is 88.7 Å². The molecule has 1 rings (SSSR count). The number of benzene rings is 1. The fourth-order valence-corrected chi connectivity index (χ4v) is 1.81. The molecule has 0 spiro atoms. The fourth-order valence-electron chi connectivity index (χ4n) is 1.58. The highest BCUT2D eigenvalue weighted by Gasteiger charge is 2.17. The van der Waals surface area contributed by atoms with Gasteiger partial charge in [-0.25, -0.2) is 4.79 Å². The highest BCUT2D eigenvalue weighted by Crippen LogP contribution is 2.33. The normalized spacial score (nSPS) is 11.5. The summed E-state index contributed by atoms with van der Waals surface area (Å²) < 4.78 is 10.5. The molecule has 122 valence electrons. The number of halogens is 1. The number of para-hydroxylation sites is 1. The molecule has 0 aliphatic rings. The van der Waals surface area contributed by atoms with E-state index in [0.717, 1.165) is 0 Å². The Balaban J connectivity index is 2.77. The van der Waals surface area contributed by atoms with Crippen molar-refractivity contribution in [3.63, 3.8) is 0 Å². The number of nitrogens with one attached hydrogen (secondary N) is 3. The van der Waals surface area contributed by atoms with Gasteiger partial charge in [-0.15, -0.1) is 0 Å². The van der Waals surface area contributed by atoms with Gasteiger partial charge in [-0.3, -0.25) is 10.1 Å². The van der Waals surface area contributed by atoms with Crippen molar-refractivity contribution in [1.82, 2.24) is 10.6 Å². The van der Waals surface area contributed by atoms with E-state index in [-0.39, 0.29) is 0 Å². The van der Waals surface area contributed by atoms with Crippen LogP contribution in [0, 0.1) is 0 Å². The van der Waals surface area contributed by atoms with Gasteiger partial charge >= 0.3 is 6.03 Å². The third-order valence-electron chi connectivity index (χ3n) is 2.73. The summed E-state index contributed by atoms with van der Waals surface area (Å²) in [5.74, 6) is -0.0389. The molecule has 0 fully saturated rings. The predicted octanol–water partition coefficient (Wildman–Crippen LogP) is 1.62. The molecule has 0 unspecified atom stereocenters. The zero-order valence-corrected chi connectivity index (χ0v) is 13.5. The maximum absolute atomic E-state index is 11.8. The van der Waals surface area contributed by atoms with Crippen molar-refractivity contribution in [2.45, 2.75) is 13.0 Å². The minimum atomic E-state index is -0.652. The lowest BCUT2D eigenvalue weighted by Crippen LogP contribution is -2.44. The van der Waals surface area contributed by atoms with E-state index in [1.807, 2.05) is 0 Å². The van der Waals surface area contributed by atoms with Crippen molar-refractivity contribution in [1.29, 1.82) is 0 Å². The Morgan fingerprint density at radius 1 is 1.32 bits per heavy atom. The first-order valence-corrected chi connectivity index (χ1v) is 7.06.